The van der Waals surface area contributed by atoms with Gasteiger partial charge in [0.15, 0.2) is 42.4 Å². The van der Waals surface area contributed by atoms with E-state index in [0.717, 1.165) is 31.2 Å². The molecule has 5 aromatic rings. The van der Waals surface area contributed by atoms with Crippen LogP contribution in [0.4, 0.5) is 0 Å². The number of para-hydroxylation sites is 2. The normalized spacial score (nSPS) is 24.7. The van der Waals surface area contributed by atoms with Gasteiger partial charge in [0.1, 0.15) is 48.6 Å². The van der Waals surface area contributed by atoms with Crippen LogP contribution in [0, 0.1) is 5.41 Å². The largest absolute Gasteiger partial charge is 0.513 e. The van der Waals surface area contributed by atoms with E-state index >= 15 is 4.79 Å². The van der Waals surface area contributed by atoms with E-state index in [2.05, 4.69) is 71.5 Å². The first kappa shape index (κ1) is 80.8. The number of aromatic nitrogens is 2. The standard InChI is InChI=1S/C67H80N14O25/c1-4-9-46-55(106-46)66(103)78-45(28-82)62(99)80-51-30(3)105-67(104)44(22-33-26-70-38-13-8-6-11-36(33)38)77-58(95)39(18-19-48(86)87)72-65(102)53(54(92)56(68)93)79-47(85)27-71-57(94)42(23-49(88)89)76-64(101)52(31-14-16-34(84)17-15-31)81-61(98)43(24-50(90)91)74-59(96)40(20-29(2)83)73-60(97)41(75-63(51)100)21-32-25-69-37-12-7-5-10-35(32)37/h5-8,10-17,25-26,30,39-46,51-55,69-70,82-84,92H,2,4,9,18-24,27-28H2,1,3H3,(H2,68,93)(H,71,94)(H,72,102)(H,73,97)(H,74,96)(H,75,100)(H,76,101)(H,77,95)(H,78,103)(H,79,85)(H,80,99)(H,81,98)(H,86,87)(H,88,89)(H,90,91)/t30-,39+,40+,41-,42+,43+,44+,45+,46?,51+,52-,53-,54+,55?/m1/s1. The van der Waals surface area contributed by atoms with Crippen LogP contribution >= 0.6 is 0 Å². The number of aliphatic hydroxyl groups excluding tert-OH is 15. The molecular weight excluding hydrogens is 1400 g/mol. The zero-order chi connectivity index (χ0) is 77.8. The summed E-state index contributed by atoms with van der Waals surface area (Å²) in [7, 11) is 0. The van der Waals surface area contributed by atoms with Gasteiger partial charge in [0.25, 0.3) is 0 Å². The van der Waals surface area contributed by atoms with Gasteiger partial charge < -0.3 is 116 Å². The molecule has 1 fully saturated rings. The predicted octanol–water partition coefficient (Wildman–Crippen LogP) is 5.40. The fraction of sp³-hybridized carbons (Fsp3) is 0.403. The lowest BCUT2D eigenvalue weighted by molar-refractivity contribution is -0.150. The van der Waals surface area contributed by atoms with Crippen molar-refractivity contribution in [2.45, 2.75) is 156 Å². The van der Waals surface area contributed by atoms with E-state index in [9.17, 15) is 111 Å². The number of H-pyrrole nitrogens is 2. The highest BCUT2D eigenvalue weighted by Gasteiger charge is 2.44. The molecule has 2 aliphatic rings. The summed E-state index contributed by atoms with van der Waals surface area (Å²) in [4.78, 5) is 102. The van der Waals surface area contributed by atoms with Crippen molar-refractivity contribution in [3.05, 3.63) is 114 Å². The van der Waals surface area contributed by atoms with Crippen LogP contribution in [0.1, 0.15) is 81.5 Å². The smallest absolute Gasteiger partial charge is 0.331 e. The Hall–Kier alpha value is -12.5. The zero-order valence-electron chi connectivity index (χ0n) is 56.5. The van der Waals surface area contributed by atoms with Crippen LogP contribution in [-0.4, -0.2) is 294 Å². The van der Waals surface area contributed by atoms with Gasteiger partial charge in [-0.2, -0.15) is 0 Å². The van der Waals surface area contributed by atoms with Crippen molar-refractivity contribution in [1.29, 1.82) is 5.41 Å². The first-order chi connectivity index (χ1) is 50.2. The van der Waals surface area contributed by atoms with Gasteiger partial charge in [-0.25, -0.2) is 59.7 Å². The molecule has 0 bridgehead atoms. The molecule has 2 aromatic heterocycles. The molecule has 0 saturated carbocycles. The van der Waals surface area contributed by atoms with Gasteiger partial charge in [0.2, 0.25) is 70.8 Å². The molecular formula is C67H80N14O25. The molecule has 568 valence electrons. The Morgan fingerprint density at radius 2 is 1.12 bits per heavy atom. The monoisotopic (exact) mass is 1480 g/mol. The number of carbonyl (C=O) groups is 4. The molecule has 0 aliphatic carbocycles. The van der Waals surface area contributed by atoms with E-state index < -0.39 is 243 Å². The molecule has 7 rings (SSSR count). The number of cyclic esters (lactones) is 1. The summed E-state index contributed by atoms with van der Waals surface area (Å²) in [5.41, 5.74) is 1.41. The van der Waals surface area contributed by atoms with Crippen molar-refractivity contribution in [2.24, 2.45) is 54.9 Å². The van der Waals surface area contributed by atoms with E-state index in [0.29, 0.717) is 45.8 Å². The number of aliphatic hydroxyl groups is 15. The van der Waals surface area contributed by atoms with Crippen LogP contribution in [-0.2, 0) is 41.5 Å². The second-order valence-electron chi connectivity index (χ2n) is 24.2. The fourth-order valence-corrected chi connectivity index (χ4v) is 10.7. The number of aromatic amines is 2. The van der Waals surface area contributed by atoms with Crippen molar-refractivity contribution < 1.29 is 126 Å². The second kappa shape index (κ2) is 37.1. The minimum Gasteiger partial charge on any atom is -0.513 e. The topological polar surface area (TPSA) is 666 Å². The number of fused-ring (bicyclic) bond motifs is 2. The molecule has 106 heavy (non-hydrogen) atoms. The highest BCUT2D eigenvalue weighted by Crippen LogP contribution is 2.30. The molecule has 3 aromatic carbocycles. The SMILES string of the molecule is C=C(O)C[C@@H]1N=C(O)[C@@H](Cc2c[nH]c3ccccc23)N=C(O)[C@@H](N=C(O)[C@H](CO)N=C(O)C2OC2CCC)[C@@H](C)OC(=O)[C@H](Cc2c[nH]c3ccccc23)N=C(O)[C@H](CCC(=O)O)N=C(O)[C@@H]([C@H](O)C(=N)O)N=C(O)CN=C(O)[C@H](CC(=O)O)N=C(O)[C@@H](c2ccc(O)cc2)N=C(O)[C@H](CC(=O)O)N=C1O. The first-order valence-corrected chi connectivity index (χ1v) is 32.5. The fourth-order valence-electron chi connectivity index (χ4n) is 10.7. The molecule has 0 amide bonds. The van der Waals surface area contributed by atoms with Gasteiger partial charge >= 0.3 is 23.9 Å². The Kier molecular flexibility index (Phi) is 28.3. The van der Waals surface area contributed by atoms with Crippen molar-refractivity contribution in [3.63, 3.8) is 0 Å². The Morgan fingerprint density at radius 1 is 0.613 bits per heavy atom. The number of phenolic OH excluding ortho intramolecular Hbond substituents is 1. The van der Waals surface area contributed by atoms with Crippen LogP contribution in [0.2, 0.25) is 0 Å². The number of hydrogen-bond donors (Lipinski definition) is 22. The third-order valence-corrected chi connectivity index (χ3v) is 16.1. The number of rotatable bonds is 23. The van der Waals surface area contributed by atoms with Crippen LogP contribution in [0.5, 0.6) is 5.75 Å². The van der Waals surface area contributed by atoms with Gasteiger partial charge in [-0.3, -0.25) is 19.8 Å². The van der Waals surface area contributed by atoms with Gasteiger partial charge in [-0.1, -0.05) is 68.5 Å². The minimum absolute atomic E-state index is 0.227. The number of carbonyl (C=O) groups excluding carboxylic acids is 1. The number of carboxylic acid groups (broad SMARTS) is 3. The quantitative estimate of drug-likeness (QED) is 0.0128. The number of esters is 1. The van der Waals surface area contributed by atoms with E-state index in [1.165, 1.54) is 12.4 Å². The molecule has 0 spiro atoms. The molecule has 1 saturated heterocycles. The summed E-state index contributed by atoms with van der Waals surface area (Å²) in [6.07, 6.45) is -8.28. The van der Waals surface area contributed by atoms with Gasteiger partial charge in [0, 0.05) is 59.9 Å². The van der Waals surface area contributed by atoms with Crippen LogP contribution in [0.3, 0.4) is 0 Å². The zero-order valence-corrected chi connectivity index (χ0v) is 56.5. The molecule has 2 aliphatic heterocycles. The molecule has 2 unspecified atom stereocenters. The van der Waals surface area contributed by atoms with Crippen molar-refractivity contribution >= 4 is 116 Å². The van der Waals surface area contributed by atoms with Crippen LogP contribution in [0.25, 0.3) is 21.8 Å². The summed E-state index contributed by atoms with van der Waals surface area (Å²) in [5, 5.41) is 220. The van der Waals surface area contributed by atoms with E-state index in [-0.39, 0.29) is 11.3 Å². The first-order valence-electron chi connectivity index (χ1n) is 32.5. The predicted molar refractivity (Wildman–Crippen MR) is 385 cm³/mol. The Balaban J connectivity index is 1.53. The molecule has 39 nitrogen and oxygen atoms in total. The molecule has 0 radical (unpaired) electrons. The average Bonchev–Trinajstić information content (AvgIpc) is 1.27. The Morgan fingerprint density at radius 3 is 1.68 bits per heavy atom. The summed E-state index contributed by atoms with van der Waals surface area (Å²) in [5.74, 6) is -23.0. The number of nitrogens with zero attached hydrogens (tertiary/aromatic N) is 11. The number of epoxide rings is 1. The number of carboxylic acids is 3. The third kappa shape index (κ3) is 22.5. The van der Waals surface area contributed by atoms with Crippen molar-refractivity contribution in [3.8, 4) is 5.75 Å². The number of nitrogens with one attached hydrogen (secondary N) is 3. The maximum absolute atomic E-state index is 15.1. The lowest BCUT2D eigenvalue weighted by atomic mass is 10.0. The van der Waals surface area contributed by atoms with E-state index in [1.54, 1.807) is 48.5 Å². The van der Waals surface area contributed by atoms with Gasteiger partial charge in [-0.05, 0) is 60.7 Å². The lowest BCUT2D eigenvalue weighted by Crippen LogP contribution is -2.41. The summed E-state index contributed by atoms with van der Waals surface area (Å²) < 4.78 is 11.4. The number of aliphatic imine (C=N–C) groups is 11. The number of aliphatic carboxylic acids is 3. The molecule has 22 N–H and O–H groups in total. The van der Waals surface area contributed by atoms with Crippen LogP contribution < -0.4 is 0 Å². The van der Waals surface area contributed by atoms with Crippen molar-refractivity contribution in [2.75, 3.05) is 13.2 Å². The maximum atomic E-state index is 15.1. The van der Waals surface area contributed by atoms with Gasteiger partial charge in [0.05, 0.1) is 31.3 Å². The Bertz CT molecular complexity index is 4370. The van der Waals surface area contributed by atoms with Gasteiger partial charge in [-0.15, -0.1) is 0 Å². The highest BCUT2D eigenvalue weighted by molar-refractivity contribution is 5.98. The lowest BCUT2D eigenvalue weighted by Gasteiger charge is -2.24. The van der Waals surface area contributed by atoms with E-state index in [4.69, 9.17) is 14.9 Å². The number of phenols is 1. The number of aromatic hydroxyl groups is 1. The number of hydrogen-bond acceptors (Lipinski definition) is 22. The number of ether oxygens (including phenoxy) is 2. The minimum atomic E-state index is -2.67. The molecule has 39 heteroatoms. The average molecular weight is 1480 g/mol. The summed E-state index contributed by atoms with van der Waals surface area (Å²) in [6.45, 7) is 3.97. The molecule has 4 heterocycles. The molecule has 14 atom stereocenters. The second-order valence-corrected chi connectivity index (χ2v) is 24.2. The summed E-state index contributed by atoms with van der Waals surface area (Å²) in [6, 6.07) is -3.83. The van der Waals surface area contributed by atoms with E-state index in [1.807, 2.05) is 6.92 Å². The highest BCUT2D eigenvalue weighted by atomic mass is 16.6. The number of benzene rings is 3. The van der Waals surface area contributed by atoms with Crippen LogP contribution in [0.15, 0.2) is 152 Å². The maximum Gasteiger partial charge on any atom is 0.331 e. The van der Waals surface area contributed by atoms with Crippen molar-refractivity contribution in [1.82, 2.24) is 9.97 Å². The summed E-state index contributed by atoms with van der Waals surface area (Å²) >= 11 is 0. The Labute approximate surface area is 600 Å². The third-order valence-electron chi connectivity index (χ3n) is 16.1.